The molecule has 0 amide bonds. The van der Waals surface area contributed by atoms with Crippen molar-refractivity contribution in [2.75, 3.05) is 19.0 Å². The molecule has 1 N–H and O–H groups in total. The molecular formula is C21H19FN4O2S3. The zero-order valence-corrected chi connectivity index (χ0v) is 19.2. The molecule has 2 aromatic heterocycles. The number of anilines is 2. The number of rotatable bonds is 9. The Morgan fingerprint density at radius 2 is 1.94 bits per heavy atom. The normalized spacial score (nSPS) is 10.8. The van der Waals surface area contributed by atoms with Crippen LogP contribution in [0.15, 0.2) is 52.2 Å². The summed E-state index contributed by atoms with van der Waals surface area (Å²) in [6, 6.07) is 12.0. The molecule has 0 aliphatic carbocycles. The molecule has 0 atom stereocenters. The van der Waals surface area contributed by atoms with E-state index >= 15 is 0 Å². The quantitative estimate of drug-likeness (QED) is 0.288. The lowest BCUT2D eigenvalue weighted by atomic mass is 10.2. The number of hydrogen-bond donors (Lipinski definition) is 1. The maximum absolute atomic E-state index is 13.0. The fraction of sp³-hybridized carbons (Fsp3) is 0.190. The van der Waals surface area contributed by atoms with Crippen LogP contribution in [0.25, 0.3) is 10.6 Å². The van der Waals surface area contributed by atoms with Gasteiger partial charge in [-0.2, -0.15) is 0 Å². The Morgan fingerprint density at radius 1 is 1.10 bits per heavy atom. The van der Waals surface area contributed by atoms with Crippen molar-refractivity contribution in [3.63, 3.8) is 0 Å². The molecule has 0 radical (unpaired) electrons. The van der Waals surface area contributed by atoms with E-state index in [1.807, 2.05) is 30.5 Å². The average molecular weight is 475 g/mol. The lowest BCUT2D eigenvalue weighted by molar-refractivity contribution is 0.311. The van der Waals surface area contributed by atoms with Crippen LogP contribution in [-0.2, 0) is 5.75 Å². The Hall–Kier alpha value is -2.69. The van der Waals surface area contributed by atoms with E-state index in [1.165, 1.54) is 23.5 Å². The maximum atomic E-state index is 13.0. The van der Waals surface area contributed by atoms with Crippen LogP contribution in [0.2, 0.25) is 0 Å². The highest BCUT2D eigenvalue weighted by molar-refractivity contribution is 8.00. The van der Waals surface area contributed by atoms with E-state index in [0.29, 0.717) is 23.2 Å². The van der Waals surface area contributed by atoms with Crippen LogP contribution in [0.4, 0.5) is 15.2 Å². The molecule has 4 rings (SSSR count). The van der Waals surface area contributed by atoms with Gasteiger partial charge in [0.25, 0.3) is 0 Å². The van der Waals surface area contributed by atoms with E-state index in [0.717, 1.165) is 32.0 Å². The van der Waals surface area contributed by atoms with Gasteiger partial charge in [0.05, 0.1) is 19.4 Å². The van der Waals surface area contributed by atoms with E-state index in [1.54, 1.807) is 42.3 Å². The van der Waals surface area contributed by atoms with Gasteiger partial charge in [0.2, 0.25) is 5.13 Å². The smallest absolute Gasteiger partial charge is 0.210 e. The number of benzene rings is 2. The van der Waals surface area contributed by atoms with Crippen LogP contribution in [0.5, 0.6) is 11.5 Å². The van der Waals surface area contributed by atoms with E-state index in [4.69, 9.17) is 14.5 Å². The van der Waals surface area contributed by atoms with Crippen molar-refractivity contribution in [2.45, 2.75) is 17.0 Å². The number of aromatic nitrogens is 3. The number of nitrogens with one attached hydrogen (secondary N) is 1. The van der Waals surface area contributed by atoms with Crippen molar-refractivity contribution in [1.82, 2.24) is 15.2 Å². The average Bonchev–Trinajstić information content (AvgIpc) is 3.44. The second-order valence-corrected chi connectivity index (χ2v) is 9.29. The first kappa shape index (κ1) is 21.5. The van der Waals surface area contributed by atoms with Crippen LogP contribution >= 0.6 is 34.4 Å². The number of hydrogen-bond acceptors (Lipinski definition) is 9. The van der Waals surface area contributed by atoms with Crippen molar-refractivity contribution in [3.8, 4) is 22.1 Å². The zero-order chi connectivity index (χ0) is 21.6. The monoisotopic (exact) mass is 474 g/mol. The molecule has 0 saturated heterocycles. The third-order valence-corrected chi connectivity index (χ3v) is 7.05. The fourth-order valence-corrected chi connectivity index (χ4v) is 5.28. The molecule has 0 spiro atoms. The minimum atomic E-state index is -0.273. The number of halogens is 1. The molecule has 0 saturated carbocycles. The third kappa shape index (κ3) is 5.52. The summed E-state index contributed by atoms with van der Waals surface area (Å²) in [6.07, 6.45) is 0. The van der Waals surface area contributed by atoms with Crippen LogP contribution in [0, 0.1) is 5.82 Å². The fourth-order valence-electron chi connectivity index (χ4n) is 2.69. The van der Waals surface area contributed by atoms with Gasteiger partial charge in [0.1, 0.15) is 10.8 Å². The standard InChI is InChI=1S/C21H19FN4O2S3/c1-3-28-17-9-4-13(10-18(17)27-2)19-23-16(11-29-19)12-30-21-26-25-20(31-21)24-15-7-5-14(22)6-8-15/h4-11H,3,12H2,1-2H3,(H,24,25). The minimum absolute atomic E-state index is 0.273. The number of ether oxygens (including phenoxy) is 2. The molecule has 2 aromatic carbocycles. The number of nitrogens with zero attached hydrogens (tertiary/aromatic N) is 3. The van der Waals surface area contributed by atoms with Crippen LogP contribution in [0.1, 0.15) is 12.6 Å². The molecule has 0 aliphatic heterocycles. The predicted octanol–water partition coefficient (Wildman–Crippen LogP) is 6.24. The Morgan fingerprint density at radius 3 is 2.71 bits per heavy atom. The highest BCUT2D eigenvalue weighted by Gasteiger charge is 2.11. The first-order valence-electron chi connectivity index (χ1n) is 9.39. The van der Waals surface area contributed by atoms with Crippen molar-refractivity contribution in [2.24, 2.45) is 0 Å². The SMILES string of the molecule is CCOc1ccc(-c2nc(CSc3nnc(Nc4ccc(F)cc4)s3)cs2)cc1OC. The molecule has 2 heterocycles. The molecular weight excluding hydrogens is 455 g/mol. The number of methoxy groups -OCH3 is 1. The van der Waals surface area contributed by atoms with Gasteiger partial charge in [-0.25, -0.2) is 9.37 Å². The molecule has 4 aromatic rings. The Balaban J connectivity index is 1.37. The minimum Gasteiger partial charge on any atom is -0.493 e. The second kappa shape index (κ2) is 10.1. The summed E-state index contributed by atoms with van der Waals surface area (Å²) in [5.41, 5.74) is 2.73. The van der Waals surface area contributed by atoms with Gasteiger partial charge < -0.3 is 14.8 Å². The Bertz CT molecular complexity index is 1150. The highest BCUT2D eigenvalue weighted by atomic mass is 32.2. The summed E-state index contributed by atoms with van der Waals surface area (Å²) in [5.74, 6) is 1.84. The molecule has 160 valence electrons. The molecule has 0 bridgehead atoms. The molecule has 0 fully saturated rings. The largest absolute Gasteiger partial charge is 0.493 e. The van der Waals surface area contributed by atoms with Gasteiger partial charge >= 0.3 is 0 Å². The Kier molecular flexibility index (Phi) is 7.00. The summed E-state index contributed by atoms with van der Waals surface area (Å²) >= 11 is 4.61. The summed E-state index contributed by atoms with van der Waals surface area (Å²) in [7, 11) is 1.63. The summed E-state index contributed by atoms with van der Waals surface area (Å²) in [6.45, 7) is 2.53. The molecule has 31 heavy (non-hydrogen) atoms. The topological polar surface area (TPSA) is 69.2 Å². The van der Waals surface area contributed by atoms with Crippen molar-refractivity contribution in [3.05, 3.63) is 59.4 Å². The summed E-state index contributed by atoms with van der Waals surface area (Å²) < 4.78 is 24.9. The van der Waals surface area contributed by atoms with Crippen molar-refractivity contribution >= 4 is 45.3 Å². The van der Waals surface area contributed by atoms with Crippen LogP contribution in [-0.4, -0.2) is 28.9 Å². The van der Waals surface area contributed by atoms with E-state index in [2.05, 4.69) is 15.5 Å². The van der Waals surface area contributed by atoms with Gasteiger partial charge in [-0.15, -0.1) is 21.5 Å². The summed E-state index contributed by atoms with van der Waals surface area (Å²) in [5, 5.41) is 15.1. The predicted molar refractivity (Wildman–Crippen MR) is 124 cm³/mol. The lowest BCUT2D eigenvalue weighted by Gasteiger charge is -2.09. The van der Waals surface area contributed by atoms with E-state index in [9.17, 15) is 4.39 Å². The van der Waals surface area contributed by atoms with Gasteiger partial charge in [0.15, 0.2) is 15.8 Å². The molecule has 0 aliphatic rings. The molecule has 0 unspecified atom stereocenters. The second-order valence-electron chi connectivity index (χ2n) is 6.24. The molecule has 10 heteroatoms. The zero-order valence-electron chi connectivity index (χ0n) is 16.8. The molecule has 6 nitrogen and oxygen atoms in total. The lowest BCUT2D eigenvalue weighted by Crippen LogP contribution is -1.95. The van der Waals surface area contributed by atoms with Crippen LogP contribution in [0.3, 0.4) is 0 Å². The van der Waals surface area contributed by atoms with Crippen molar-refractivity contribution in [1.29, 1.82) is 0 Å². The third-order valence-electron chi connectivity index (χ3n) is 4.11. The number of thioether (sulfide) groups is 1. The van der Waals surface area contributed by atoms with Gasteiger partial charge in [-0.05, 0) is 49.4 Å². The number of thiazole rings is 1. The van der Waals surface area contributed by atoms with Gasteiger partial charge in [-0.3, -0.25) is 0 Å². The van der Waals surface area contributed by atoms with Gasteiger partial charge in [-0.1, -0.05) is 23.1 Å². The highest BCUT2D eigenvalue weighted by Crippen LogP contribution is 2.35. The maximum Gasteiger partial charge on any atom is 0.210 e. The first-order valence-corrected chi connectivity index (χ1v) is 12.1. The van der Waals surface area contributed by atoms with E-state index in [-0.39, 0.29) is 5.82 Å². The summed E-state index contributed by atoms with van der Waals surface area (Å²) in [4.78, 5) is 4.74. The van der Waals surface area contributed by atoms with Crippen LogP contribution < -0.4 is 14.8 Å². The Labute approximate surface area is 191 Å². The van der Waals surface area contributed by atoms with Gasteiger partial charge in [0, 0.05) is 22.4 Å². The first-order chi connectivity index (χ1) is 15.1. The van der Waals surface area contributed by atoms with E-state index < -0.39 is 0 Å². The van der Waals surface area contributed by atoms with Crippen molar-refractivity contribution < 1.29 is 13.9 Å².